The lowest BCUT2D eigenvalue weighted by Crippen LogP contribution is -2.37. The molecule has 2 N–H and O–H groups in total. The quantitative estimate of drug-likeness (QED) is 0.479. The Morgan fingerprint density at radius 3 is 2.87 bits per heavy atom. The highest BCUT2D eigenvalue weighted by Crippen LogP contribution is 2.36. The maximum atomic E-state index is 9.56. The molecule has 1 saturated heterocycles. The van der Waals surface area contributed by atoms with E-state index in [1.54, 1.807) is 6.20 Å². The average molecular weight is 401 g/mol. The van der Waals surface area contributed by atoms with E-state index in [0.29, 0.717) is 41.4 Å². The number of hydrogen-bond donors (Lipinski definition) is 2. The van der Waals surface area contributed by atoms with Crippen molar-refractivity contribution in [2.45, 2.75) is 6.61 Å². The van der Waals surface area contributed by atoms with E-state index in [2.05, 4.69) is 14.9 Å². The summed E-state index contributed by atoms with van der Waals surface area (Å²) in [4.78, 5) is 19.6. The van der Waals surface area contributed by atoms with Gasteiger partial charge in [-0.2, -0.15) is 0 Å². The summed E-state index contributed by atoms with van der Waals surface area (Å²) in [6.07, 6.45) is 3.54. The molecule has 1 aliphatic rings. The molecule has 5 aromatic rings. The van der Waals surface area contributed by atoms with Crippen molar-refractivity contribution in [2.75, 3.05) is 31.2 Å². The molecule has 0 aliphatic carbocycles. The van der Waals surface area contributed by atoms with Gasteiger partial charge in [0.15, 0.2) is 17.2 Å². The van der Waals surface area contributed by atoms with E-state index in [1.807, 2.05) is 36.5 Å². The SMILES string of the molecule is OCc1cnc2oc3c(N4CCOCC4)nc(-c4cccc5[nH]ccc45)nc3c2c1. The largest absolute Gasteiger partial charge is 0.432 e. The molecule has 1 aliphatic heterocycles. The molecule has 0 bridgehead atoms. The van der Waals surface area contributed by atoms with Crippen LogP contribution in [0.15, 0.2) is 47.1 Å². The van der Waals surface area contributed by atoms with Gasteiger partial charge in [0, 0.05) is 41.9 Å². The van der Waals surface area contributed by atoms with Crippen LogP contribution in [0.1, 0.15) is 5.56 Å². The Bertz CT molecular complexity index is 1380. The summed E-state index contributed by atoms with van der Waals surface area (Å²) in [5.74, 6) is 1.38. The van der Waals surface area contributed by atoms with Crippen LogP contribution in [-0.4, -0.2) is 51.3 Å². The number of aromatic amines is 1. The molecule has 0 radical (unpaired) electrons. The highest BCUT2D eigenvalue weighted by atomic mass is 16.5. The van der Waals surface area contributed by atoms with Gasteiger partial charge < -0.3 is 24.1 Å². The van der Waals surface area contributed by atoms with E-state index < -0.39 is 0 Å². The Balaban J connectivity index is 1.67. The van der Waals surface area contributed by atoms with Crippen LogP contribution in [0.3, 0.4) is 0 Å². The molecular weight excluding hydrogens is 382 g/mol. The summed E-state index contributed by atoms with van der Waals surface area (Å²) in [6.45, 7) is 2.65. The number of nitrogens with one attached hydrogen (secondary N) is 1. The highest BCUT2D eigenvalue weighted by molar-refractivity contribution is 6.06. The van der Waals surface area contributed by atoms with Gasteiger partial charge in [-0.05, 0) is 23.8 Å². The first kappa shape index (κ1) is 17.4. The lowest BCUT2D eigenvalue weighted by atomic mass is 10.1. The second kappa shape index (κ2) is 6.79. The van der Waals surface area contributed by atoms with Gasteiger partial charge in [0.1, 0.15) is 5.52 Å². The van der Waals surface area contributed by atoms with Crippen molar-refractivity contribution in [3.63, 3.8) is 0 Å². The monoisotopic (exact) mass is 401 g/mol. The third kappa shape index (κ3) is 2.65. The number of ether oxygens (including phenoxy) is 1. The van der Waals surface area contributed by atoms with Crippen LogP contribution in [0.2, 0.25) is 0 Å². The molecular formula is C22H19N5O3. The van der Waals surface area contributed by atoms with Gasteiger partial charge in [-0.15, -0.1) is 0 Å². The number of H-pyrrole nitrogens is 1. The number of benzene rings is 1. The summed E-state index contributed by atoms with van der Waals surface area (Å²) in [5.41, 5.74) is 4.50. The first-order valence-electron chi connectivity index (χ1n) is 9.91. The van der Waals surface area contributed by atoms with Gasteiger partial charge in [-0.3, -0.25) is 0 Å². The number of aliphatic hydroxyl groups is 1. The van der Waals surface area contributed by atoms with Crippen molar-refractivity contribution in [1.82, 2.24) is 19.9 Å². The third-order valence-corrected chi connectivity index (χ3v) is 5.54. The molecule has 0 saturated carbocycles. The van der Waals surface area contributed by atoms with Crippen LogP contribution >= 0.6 is 0 Å². The Morgan fingerprint density at radius 2 is 2.00 bits per heavy atom. The topological polar surface area (TPSA) is 100 Å². The zero-order valence-electron chi connectivity index (χ0n) is 16.1. The van der Waals surface area contributed by atoms with Crippen LogP contribution < -0.4 is 4.90 Å². The normalized spacial score (nSPS) is 14.9. The van der Waals surface area contributed by atoms with Crippen LogP contribution in [-0.2, 0) is 11.3 Å². The minimum absolute atomic E-state index is 0.0907. The third-order valence-electron chi connectivity index (χ3n) is 5.54. The molecule has 5 heterocycles. The summed E-state index contributed by atoms with van der Waals surface area (Å²) in [6, 6.07) is 9.97. The van der Waals surface area contributed by atoms with Crippen molar-refractivity contribution in [2.24, 2.45) is 0 Å². The maximum Gasteiger partial charge on any atom is 0.229 e. The predicted octanol–water partition coefficient (Wildman–Crippen LogP) is 3.25. The smallest absolute Gasteiger partial charge is 0.229 e. The van der Waals surface area contributed by atoms with E-state index in [1.165, 1.54) is 0 Å². The van der Waals surface area contributed by atoms with Gasteiger partial charge in [-0.1, -0.05) is 12.1 Å². The molecule has 150 valence electrons. The molecule has 6 rings (SSSR count). The van der Waals surface area contributed by atoms with Crippen molar-refractivity contribution >= 4 is 38.9 Å². The van der Waals surface area contributed by atoms with Gasteiger partial charge in [0.05, 0.1) is 25.2 Å². The lowest BCUT2D eigenvalue weighted by molar-refractivity contribution is 0.122. The zero-order chi connectivity index (χ0) is 20.1. The van der Waals surface area contributed by atoms with Crippen LogP contribution in [0.4, 0.5) is 5.82 Å². The summed E-state index contributed by atoms with van der Waals surface area (Å²) < 4.78 is 11.6. The molecule has 8 heteroatoms. The van der Waals surface area contributed by atoms with E-state index in [9.17, 15) is 5.11 Å². The lowest BCUT2D eigenvalue weighted by Gasteiger charge is -2.27. The number of fused-ring (bicyclic) bond motifs is 4. The fourth-order valence-electron chi connectivity index (χ4n) is 4.04. The Labute approximate surface area is 171 Å². The second-order valence-corrected chi connectivity index (χ2v) is 7.35. The van der Waals surface area contributed by atoms with Crippen LogP contribution in [0.5, 0.6) is 0 Å². The number of aliphatic hydroxyl groups excluding tert-OH is 1. The highest BCUT2D eigenvalue weighted by Gasteiger charge is 2.23. The fourth-order valence-corrected chi connectivity index (χ4v) is 4.04. The molecule has 0 amide bonds. The van der Waals surface area contributed by atoms with Crippen LogP contribution in [0, 0.1) is 0 Å². The first-order valence-corrected chi connectivity index (χ1v) is 9.91. The number of furan rings is 1. The number of morpholine rings is 1. The van der Waals surface area contributed by atoms with Crippen molar-refractivity contribution < 1.29 is 14.3 Å². The Hall–Kier alpha value is -3.49. The van der Waals surface area contributed by atoms with Gasteiger partial charge in [0.25, 0.3) is 0 Å². The molecule has 4 aromatic heterocycles. The average Bonchev–Trinajstić information content (AvgIpc) is 3.43. The Kier molecular flexibility index (Phi) is 3.93. The molecule has 1 aromatic carbocycles. The summed E-state index contributed by atoms with van der Waals surface area (Å²) in [5, 5.41) is 11.4. The number of nitrogens with zero attached hydrogens (tertiary/aromatic N) is 4. The van der Waals surface area contributed by atoms with Crippen molar-refractivity contribution in [1.29, 1.82) is 0 Å². The van der Waals surface area contributed by atoms with Gasteiger partial charge in [-0.25, -0.2) is 15.0 Å². The van der Waals surface area contributed by atoms with E-state index >= 15 is 0 Å². The van der Waals surface area contributed by atoms with Crippen LogP contribution in [0.25, 0.3) is 44.5 Å². The summed E-state index contributed by atoms with van der Waals surface area (Å²) in [7, 11) is 0. The maximum absolute atomic E-state index is 9.56. The number of aromatic nitrogens is 4. The fraction of sp³-hybridized carbons (Fsp3) is 0.227. The summed E-state index contributed by atoms with van der Waals surface area (Å²) >= 11 is 0. The minimum atomic E-state index is -0.0907. The van der Waals surface area contributed by atoms with Crippen molar-refractivity contribution in [3.05, 3.63) is 48.3 Å². The zero-order valence-corrected chi connectivity index (χ0v) is 16.1. The van der Waals surface area contributed by atoms with Gasteiger partial charge >= 0.3 is 0 Å². The number of rotatable bonds is 3. The van der Waals surface area contributed by atoms with Gasteiger partial charge in [0.2, 0.25) is 5.71 Å². The molecule has 0 unspecified atom stereocenters. The van der Waals surface area contributed by atoms with Crippen molar-refractivity contribution in [3.8, 4) is 11.4 Å². The number of hydrogen-bond acceptors (Lipinski definition) is 7. The second-order valence-electron chi connectivity index (χ2n) is 7.35. The molecule has 0 spiro atoms. The number of pyridine rings is 1. The predicted molar refractivity (Wildman–Crippen MR) is 113 cm³/mol. The number of anilines is 1. The molecule has 30 heavy (non-hydrogen) atoms. The van der Waals surface area contributed by atoms with E-state index in [4.69, 9.17) is 19.1 Å². The minimum Gasteiger partial charge on any atom is -0.432 e. The molecule has 0 atom stereocenters. The van der Waals surface area contributed by atoms with E-state index in [-0.39, 0.29) is 6.61 Å². The van der Waals surface area contributed by atoms with E-state index in [0.717, 1.165) is 40.8 Å². The Morgan fingerprint density at radius 1 is 1.10 bits per heavy atom. The first-order chi connectivity index (χ1) is 14.8. The molecule has 8 nitrogen and oxygen atoms in total. The standard InChI is InChI=1S/C22H19N5O3/c28-12-13-10-16-18-19(30-22(16)24-11-13)21(27-6-8-29-9-7-27)26-20(25-18)15-2-1-3-17-14(15)4-5-23-17/h1-5,10-11,23,28H,6-9,12H2. The molecule has 1 fully saturated rings.